The Morgan fingerprint density at radius 1 is 0.818 bits per heavy atom. The van der Waals surface area contributed by atoms with E-state index in [1.807, 2.05) is 13.8 Å². The maximum atomic E-state index is 13.3. The molecule has 0 N–H and O–H groups in total. The summed E-state index contributed by atoms with van der Waals surface area (Å²) in [6.45, 7) is 3.60. The summed E-state index contributed by atoms with van der Waals surface area (Å²) in [6, 6.07) is 17.9. The fourth-order valence-corrected chi connectivity index (χ4v) is 5.97. The van der Waals surface area contributed by atoms with Gasteiger partial charge in [-0.3, -0.25) is 4.18 Å². The normalized spacial score (nSPS) is 12.3. The number of hydrogen-bond donors (Lipinski definition) is 0. The summed E-state index contributed by atoms with van der Waals surface area (Å²) in [5.74, 6) is 0. The van der Waals surface area contributed by atoms with Crippen molar-refractivity contribution < 1.29 is 21.0 Å². The molecule has 0 saturated heterocycles. The fourth-order valence-electron chi connectivity index (χ4n) is 3.49. The molecule has 0 radical (unpaired) electrons. The first-order chi connectivity index (χ1) is 15.6. The third-order valence-electron chi connectivity index (χ3n) is 5.31. The predicted octanol–water partition coefficient (Wildman–Crippen LogP) is 5.10. The Kier molecular flexibility index (Phi) is 6.37. The summed E-state index contributed by atoms with van der Waals surface area (Å²) in [5.41, 5.74) is 2.96. The molecule has 4 aromatic rings. The van der Waals surface area contributed by atoms with Crippen LogP contribution in [0, 0.1) is 13.8 Å². The number of aryl methyl sites for hydroxylation is 2. The van der Waals surface area contributed by atoms with Crippen LogP contribution < -0.4 is 0 Å². The van der Waals surface area contributed by atoms with E-state index in [1.165, 1.54) is 22.3 Å². The molecule has 0 saturated carbocycles. The van der Waals surface area contributed by atoms with E-state index in [0.29, 0.717) is 21.5 Å². The molecule has 33 heavy (non-hydrogen) atoms. The molecule has 0 aliphatic heterocycles. The second kappa shape index (κ2) is 8.95. The standard InChI is InChI=1S/C24H22ClNO5S2/c1-17-3-8-21(9-4-17)32(27,28)26-16-19(23-15-20(25)7-12-24(23)26)13-14-31-33(29,30)22-10-5-18(2)6-11-22/h3-12,15-16H,13-14H2,1-2H3. The minimum atomic E-state index is -3.93. The number of aromatic nitrogens is 1. The zero-order valence-corrected chi connectivity index (χ0v) is 20.4. The van der Waals surface area contributed by atoms with E-state index in [-0.39, 0.29) is 22.8 Å². The highest BCUT2D eigenvalue weighted by Crippen LogP contribution is 2.29. The van der Waals surface area contributed by atoms with Crippen molar-refractivity contribution in [1.29, 1.82) is 0 Å². The first-order valence-corrected chi connectivity index (χ1v) is 13.4. The summed E-state index contributed by atoms with van der Waals surface area (Å²) < 4.78 is 58.0. The average molecular weight is 504 g/mol. The van der Waals surface area contributed by atoms with Gasteiger partial charge < -0.3 is 0 Å². The van der Waals surface area contributed by atoms with Gasteiger partial charge in [0.1, 0.15) is 0 Å². The number of nitrogens with zero attached hydrogens (tertiary/aromatic N) is 1. The number of halogens is 1. The molecule has 0 aliphatic carbocycles. The summed E-state index contributed by atoms with van der Waals surface area (Å²) in [5, 5.41) is 1.07. The van der Waals surface area contributed by atoms with Crippen molar-refractivity contribution in [2.24, 2.45) is 0 Å². The summed E-state index contributed by atoms with van der Waals surface area (Å²) in [7, 11) is -7.79. The Morgan fingerprint density at radius 2 is 1.39 bits per heavy atom. The Morgan fingerprint density at radius 3 is 2.00 bits per heavy atom. The third-order valence-corrected chi connectivity index (χ3v) is 8.56. The molecule has 0 unspecified atom stereocenters. The van der Waals surface area contributed by atoms with E-state index in [9.17, 15) is 16.8 Å². The van der Waals surface area contributed by atoms with Gasteiger partial charge in [-0.25, -0.2) is 12.4 Å². The van der Waals surface area contributed by atoms with E-state index in [1.54, 1.807) is 54.6 Å². The van der Waals surface area contributed by atoms with Gasteiger partial charge in [0, 0.05) is 16.6 Å². The summed E-state index contributed by atoms with van der Waals surface area (Å²) >= 11 is 6.16. The van der Waals surface area contributed by atoms with E-state index < -0.39 is 20.1 Å². The maximum Gasteiger partial charge on any atom is 0.296 e. The smallest absolute Gasteiger partial charge is 0.266 e. The minimum Gasteiger partial charge on any atom is -0.266 e. The number of benzene rings is 3. The predicted molar refractivity (Wildman–Crippen MR) is 129 cm³/mol. The van der Waals surface area contributed by atoms with Crippen LogP contribution in [0.25, 0.3) is 10.9 Å². The van der Waals surface area contributed by atoms with Crippen LogP contribution >= 0.6 is 11.6 Å². The van der Waals surface area contributed by atoms with Gasteiger partial charge in [-0.2, -0.15) is 8.42 Å². The van der Waals surface area contributed by atoms with Crippen molar-refractivity contribution in [3.8, 4) is 0 Å². The first-order valence-electron chi connectivity index (χ1n) is 10.2. The Labute approximate surface area is 198 Å². The lowest BCUT2D eigenvalue weighted by molar-refractivity contribution is 0.322. The van der Waals surface area contributed by atoms with E-state index in [2.05, 4.69) is 0 Å². The lowest BCUT2D eigenvalue weighted by atomic mass is 10.1. The van der Waals surface area contributed by atoms with Crippen molar-refractivity contribution in [2.75, 3.05) is 6.61 Å². The van der Waals surface area contributed by atoms with Gasteiger partial charge in [-0.1, -0.05) is 47.0 Å². The van der Waals surface area contributed by atoms with Crippen molar-refractivity contribution in [3.63, 3.8) is 0 Å². The van der Waals surface area contributed by atoms with Crippen molar-refractivity contribution in [1.82, 2.24) is 3.97 Å². The van der Waals surface area contributed by atoms with Gasteiger partial charge in [-0.05, 0) is 68.3 Å². The second-order valence-electron chi connectivity index (χ2n) is 7.77. The van der Waals surface area contributed by atoms with E-state index in [4.69, 9.17) is 15.8 Å². The highest BCUT2D eigenvalue weighted by molar-refractivity contribution is 7.90. The largest absolute Gasteiger partial charge is 0.296 e. The molecule has 3 aromatic carbocycles. The van der Waals surface area contributed by atoms with Gasteiger partial charge in [0.2, 0.25) is 0 Å². The molecule has 0 bridgehead atoms. The van der Waals surface area contributed by atoms with Gasteiger partial charge in [0.25, 0.3) is 20.1 Å². The Hall–Kier alpha value is -2.65. The molecule has 0 aliphatic rings. The van der Waals surface area contributed by atoms with Crippen LogP contribution in [0.2, 0.25) is 5.02 Å². The SMILES string of the molecule is Cc1ccc(S(=O)(=O)OCCc2cn(S(=O)(=O)c3ccc(C)cc3)c3ccc(Cl)cc23)cc1. The van der Waals surface area contributed by atoms with Crippen LogP contribution in [-0.4, -0.2) is 27.4 Å². The number of rotatable bonds is 7. The monoisotopic (exact) mass is 503 g/mol. The van der Waals surface area contributed by atoms with E-state index in [0.717, 1.165) is 11.1 Å². The van der Waals surface area contributed by atoms with Crippen LogP contribution in [-0.2, 0) is 30.7 Å². The number of hydrogen-bond acceptors (Lipinski definition) is 5. The summed E-state index contributed by atoms with van der Waals surface area (Å²) in [6.07, 6.45) is 1.68. The third kappa shape index (κ3) is 4.84. The zero-order valence-electron chi connectivity index (χ0n) is 18.0. The Bertz CT molecular complexity index is 1520. The van der Waals surface area contributed by atoms with E-state index >= 15 is 0 Å². The molecule has 1 heterocycles. The maximum absolute atomic E-state index is 13.3. The van der Waals surface area contributed by atoms with Gasteiger partial charge in [0.05, 0.1) is 21.9 Å². The number of fused-ring (bicyclic) bond motifs is 1. The summed E-state index contributed by atoms with van der Waals surface area (Å²) in [4.78, 5) is 0.227. The lowest BCUT2D eigenvalue weighted by Crippen LogP contribution is -2.12. The minimum absolute atomic E-state index is 0.0699. The van der Waals surface area contributed by atoms with Crippen molar-refractivity contribution >= 4 is 42.6 Å². The van der Waals surface area contributed by atoms with Crippen LogP contribution in [0.3, 0.4) is 0 Å². The topological polar surface area (TPSA) is 82.4 Å². The quantitative estimate of drug-likeness (QED) is 0.328. The molecule has 1 aromatic heterocycles. The van der Waals surface area contributed by atoms with Crippen LogP contribution in [0.15, 0.2) is 82.7 Å². The second-order valence-corrected chi connectivity index (χ2v) is 11.6. The molecule has 172 valence electrons. The molecule has 0 amide bonds. The molecule has 0 fully saturated rings. The molecule has 0 atom stereocenters. The van der Waals surface area contributed by atoms with Crippen molar-refractivity contribution in [2.45, 2.75) is 30.1 Å². The van der Waals surface area contributed by atoms with Crippen LogP contribution in [0.1, 0.15) is 16.7 Å². The van der Waals surface area contributed by atoms with Gasteiger partial charge in [-0.15, -0.1) is 0 Å². The Balaban J connectivity index is 1.65. The molecule has 0 spiro atoms. The van der Waals surface area contributed by atoms with Crippen molar-refractivity contribution in [3.05, 3.63) is 94.6 Å². The fraction of sp³-hybridized carbons (Fsp3) is 0.167. The lowest BCUT2D eigenvalue weighted by Gasteiger charge is -2.08. The van der Waals surface area contributed by atoms with Crippen LogP contribution in [0.4, 0.5) is 0 Å². The average Bonchev–Trinajstić information content (AvgIpc) is 3.13. The highest BCUT2D eigenvalue weighted by Gasteiger charge is 2.22. The molecule has 6 nitrogen and oxygen atoms in total. The molecule has 9 heteroatoms. The van der Waals surface area contributed by atoms with Gasteiger partial charge in [0.15, 0.2) is 0 Å². The molecular formula is C24H22ClNO5S2. The first kappa shape index (κ1) is 23.5. The highest BCUT2D eigenvalue weighted by atomic mass is 35.5. The zero-order chi connectivity index (χ0) is 23.8. The molecular weight excluding hydrogens is 482 g/mol. The van der Waals surface area contributed by atoms with Gasteiger partial charge >= 0.3 is 0 Å². The van der Waals surface area contributed by atoms with Crippen LogP contribution in [0.5, 0.6) is 0 Å². The molecule has 4 rings (SSSR count).